The van der Waals surface area contributed by atoms with Gasteiger partial charge < -0.3 is 15.0 Å². The highest BCUT2D eigenvalue weighted by Gasteiger charge is 2.65. The molecule has 0 saturated carbocycles. The zero-order valence-electron chi connectivity index (χ0n) is 17.4. The molecule has 3 aromatic carbocycles. The number of hydrogen-bond donors (Lipinski definition) is 1. The summed E-state index contributed by atoms with van der Waals surface area (Å²) in [5, 5.41) is 3.06. The van der Waals surface area contributed by atoms with Crippen LogP contribution < -0.4 is 10.1 Å². The Morgan fingerprint density at radius 1 is 1.03 bits per heavy atom. The van der Waals surface area contributed by atoms with E-state index >= 15 is 0 Å². The molecule has 1 N–H and O–H groups in total. The molecule has 2 amide bonds. The molecule has 1 saturated heterocycles. The molecular formula is C26H21BrN2O3. The summed E-state index contributed by atoms with van der Waals surface area (Å²) in [4.78, 5) is 29.9. The summed E-state index contributed by atoms with van der Waals surface area (Å²) in [6.45, 7) is 2.35. The molecule has 0 aromatic heterocycles. The molecule has 0 spiro atoms. The van der Waals surface area contributed by atoms with Crippen molar-refractivity contribution in [3.8, 4) is 5.75 Å². The van der Waals surface area contributed by atoms with E-state index in [9.17, 15) is 9.59 Å². The first kappa shape index (κ1) is 19.6. The van der Waals surface area contributed by atoms with Crippen molar-refractivity contribution >= 4 is 33.4 Å². The molecule has 6 heteroatoms. The van der Waals surface area contributed by atoms with E-state index in [1.165, 1.54) is 0 Å². The van der Waals surface area contributed by atoms with Crippen LogP contribution >= 0.6 is 15.9 Å². The number of para-hydroxylation sites is 1. The van der Waals surface area contributed by atoms with Gasteiger partial charge in [0.2, 0.25) is 0 Å². The fourth-order valence-electron chi connectivity index (χ4n) is 5.83. The van der Waals surface area contributed by atoms with Crippen LogP contribution in [0.15, 0.2) is 77.3 Å². The molecule has 3 aliphatic heterocycles. The molecule has 4 atom stereocenters. The Bertz CT molecular complexity index is 1260. The van der Waals surface area contributed by atoms with E-state index in [2.05, 4.69) is 21.2 Å². The van der Waals surface area contributed by atoms with Crippen molar-refractivity contribution in [1.82, 2.24) is 4.90 Å². The maximum atomic E-state index is 14.1. The van der Waals surface area contributed by atoms with Crippen molar-refractivity contribution in [3.05, 3.63) is 94.0 Å². The Kier molecular flexibility index (Phi) is 4.24. The Morgan fingerprint density at radius 3 is 2.59 bits per heavy atom. The van der Waals surface area contributed by atoms with E-state index in [0.717, 1.165) is 21.3 Å². The predicted octanol–water partition coefficient (Wildman–Crippen LogP) is 5.15. The molecule has 0 aliphatic carbocycles. The predicted molar refractivity (Wildman–Crippen MR) is 125 cm³/mol. The monoisotopic (exact) mass is 488 g/mol. The van der Waals surface area contributed by atoms with Gasteiger partial charge in [-0.3, -0.25) is 9.59 Å². The van der Waals surface area contributed by atoms with Crippen LogP contribution in [0, 0.1) is 5.92 Å². The Morgan fingerprint density at radius 2 is 1.78 bits per heavy atom. The van der Waals surface area contributed by atoms with E-state index in [0.29, 0.717) is 17.9 Å². The second-order valence-electron chi connectivity index (χ2n) is 8.81. The number of carbonyl (C=O) groups is 2. The van der Waals surface area contributed by atoms with Gasteiger partial charge in [0.15, 0.2) is 0 Å². The standard InChI is InChI=1S/C26H21BrN2O3/c1-26-22(15-7-3-2-4-8-15)19-14-32-21-10-6-5-9-17(21)23(19)29(26)24(30)18-13-16(27)11-12-20(18)28-25(26)31/h2-13,19,22-23H,14H2,1H3,(H,28,31)/t19-,22+,23+,26-/m1/s1. The number of amides is 2. The lowest BCUT2D eigenvalue weighted by Gasteiger charge is -2.38. The number of rotatable bonds is 1. The molecule has 3 aliphatic rings. The molecule has 0 bridgehead atoms. The second-order valence-corrected chi connectivity index (χ2v) is 9.73. The van der Waals surface area contributed by atoms with Crippen LogP contribution in [-0.4, -0.2) is 28.9 Å². The van der Waals surface area contributed by atoms with Gasteiger partial charge in [0.1, 0.15) is 11.3 Å². The minimum Gasteiger partial charge on any atom is -0.493 e. The largest absolute Gasteiger partial charge is 0.493 e. The molecule has 6 rings (SSSR count). The first-order chi connectivity index (χ1) is 15.5. The number of halogens is 1. The molecule has 5 nitrogen and oxygen atoms in total. The molecule has 0 unspecified atom stereocenters. The Balaban J connectivity index is 1.63. The molecule has 160 valence electrons. The smallest absolute Gasteiger partial charge is 0.257 e. The van der Waals surface area contributed by atoms with Gasteiger partial charge in [-0.05, 0) is 36.8 Å². The maximum absolute atomic E-state index is 14.1. The van der Waals surface area contributed by atoms with Crippen molar-refractivity contribution in [2.24, 2.45) is 5.92 Å². The highest BCUT2D eigenvalue weighted by atomic mass is 79.9. The highest BCUT2D eigenvalue weighted by Crippen LogP contribution is 2.59. The number of carbonyl (C=O) groups excluding carboxylic acids is 2. The minimum atomic E-state index is -1.08. The minimum absolute atomic E-state index is 0.0549. The zero-order valence-corrected chi connectivity index (χ0v) is 19.0. The van der Waals surface area contributed by atoms with Gasteiger partial charge >= 0.3 is 0 Å². The number of fused-ring (bicyclic) bond motifs is 6. The number of nitrogens with one attached hydrogen (secondary N) is 1. The SMILES string of the molecule is C[C@@]12C(=O)Nc3ccc(Br)cc3C(=O)N1[C@H]1c3ccccc3OC[C@@H]1[C@@H]2c1ccccc1. The summed E-state index contributed by atoms with van der Waals surface area (Å²) in [7, 11) is 0. The number of nitrogens with zero attached hydrogens (tertiary/aromatic N) is 1. The average molecular weight is 489 g/mol. The molecule has 0 radical (unpaired) electrons. The van der Waals surface area contributed by atoms with Crippen molar-refractivity contribution in [3.63, 3.8) is 0 Å². The van der Waals surface area contributed by atoms with E-state index in [1.54, 1.807) is 12.1 Å². The normalized spacial score (nSPS) is 27.9. The van der Waals surface area contributed by atoms with Crippen LogP contribution in [0.4, 0.5) is 5.69 Å². The molecule has 32 heavy (non-hydrogen) atoms. The van der Waals surface area contributed by atoms with Gasteiger partial charge in [-0.1, -0.05) is 64.5 Å². The fourth-order valence-corrected chi connectivity index (χ4v) is 6.19. The summed E-state index contributed by atoms with van der Waals surface area (Å²) < 4.78 is 6.95. The van der Waals surface area contributed by atoms with Crippen molar-refractivity contribution in [2.75, 3.05) is 11.9 Å². The van der Waals surface area contributed by atoms with Crippen LogP contribution in [0.2, 0.25) is 0 Å². The van der Waals surface area contributed by atoms with Gasteiger partial charge in [0.05, 0.1) is 23.9 Å². The lowest BCUT2D eigenvalue weighted by Crippen LogP contribution is -2.54. The third kappa shape index (κ3) is 2.56. The quantitative estimate of drug-likeness (QED) is 0.515. The highest BCUT2D eigenvalue weighted by molar-refractivity contribution is 9.10. The average Bonchev–Trinajstić information content (AvgIpc) is 3.06. The third-order valence-electron chi connectivity index (χ3n) is 7.18. The van der Waals surface area contributed by atoms with Crippen molar-refractivity contribution in [2.45, 2.75) is 24.4 Å². The first-order valence-electron chi connectivity index (χ1n) is 10.7. The summed E-state index contributed by atoms with van der Waals surface area (Å²) in [6, 6.07) is 23.0. The van der Waals surface area contributed by atoms with Crippen LogP contribution in [-0.2, 0) is 4.79 Å². The molecule has 3 aromatic rings. The van der Waals surface area contributed by atoms with Gasteiger partial charge in [-0.25, -0.2) is 0 Å². The van der Waals surface area contributed by atoms with E-state index in [4.69, 9.17) is 4.74 Å². The zero-order chi connectivity index (χ0) is 22.0. The van der Waals surface area contributed by atoms with Gasteiger partial charge in [0, 0.05) is 21.9 Å². The number of benzene rings is 3. The van der Waals surface area contributed by atoms with Gasteiger partial charge in [-0.15, -0.1) is 0 Å². The van der Waals surface area contributed by atoms with Crippen molar-refractivity contribution in [1.29, 1.82) is 0 Å². The van der Waals surface area contributed by atoms with Gasteiger partial charge in [-0.2, -0.15) is 0 Å². The third-order valence-corrected chi connectivity index (χ3v) is 7.68. The fraction of sp³-hybridized carbons (Fsp3) is 0.231. The van der Waals surface area contributed by atoms with Gasteiger partial charge in [0.25, 0.3) is 11.8 Å². The summed E-state index contributed by atoms with van der Waals surface area (Å²) in [5.74, 6) is 0.182. The second kappa shape index (κ2) is 6.94. The Hall–Kier alpha value is -3.12. The molecule has 3 heterocycles. The number of anilines is 1. The number of hydrogen-bond acceptors (Lipinski definition) is 3. The van der Waals surface area contributed by atoms with Crippen LogP contribution in [0.1, 0.15) is 40.4 Å². The summed E-state index contributed by atoms with van der Waals surface area (Å²) in [5.41, 5.74) is 1.94. The first-order valence-corrected chi connectivity index (χ1v) is 11.5. The molecular weight excluding hydrogens is 468 g/mol. The van der Waals surface area contributed by atoms with Crippen LogP contribution in [0.25, 0.3) is 0 Å². The van der Waals surface area contributed by atoms with E-state index < -0.39 is 5.54 Å². The van der Waals surface area contributed by atoms with Crippen molar-refractivity contribution < 1.29 is 14.3 Å². The Labute approximate surface area is 194 Å². The van der Waals surface area contributed by atoms with Crippen LogP contribution in [0.3, 0.4) is 0 Å². The maximum Gasteiger partial charge on any atom is 0.257 e. The lowest BCUT2D eigenvalue weighted by atomic mass is 9.73. The molecule has 1 fully saturated rings. The van der Waals surface area contributed by atoms with E-state index in [-0.39, 0.29) is 29.7 Å². The summed E-state index contributed by atoms with van der Waals surface area (Å²) in [6.07, 6.45) is 0. The van der Waals surface area contributed by atoms with E-state index in [1.807, 2.05) is 72.5 Å². The lowest BCUT2D eigenvalue weighted by molar-refractivity contribution is -0.125. The van der Waals surface area contributed by atoms with Crippen LogP contribution in [0.5, 0.6) is 5.75 Å². The topological polar surface area (TPSA) is 58.6 Å². The summed E-state index contributed by atoms with van der Waals surface area (Å²) >= 11 is 3.48. The number of ether oxygens (including phenoxy) is 1.